The Hall–Kier alpha value is -0.730. The fourth-order valence-electron chi connectivity index (χ4n) is 2.98. The molecule has 25 heavy (non-hydrogen) atoms. The summed E-state index contributed by atoms with van der Waals surface area (Å²) in [6.07, 6.45) is 4.26. The standard InChI is InChI=1S/C18H34O7/c1-2-3-4-5-6-7-8-9-10-11-12-24-18-15(21)13(19)14(20)16(25-18)17(22)23/h13-16,18-21H,2-12H2,1H3,(H,22,23)/t13-,14-,15+,16-,18?/m0/s1. The number of rotatable bonds is 13. The van der Waals surface area contributed by atoms with E-state index in [4.69, 9.17) is 14.6 Å². The van der Waals surface area contributed by atoms with Gasteiger partial charge in [-0.05, 0) is 6.42 Å². The van der Waals surface area contributed by atoms with Crippen molar-refractivity contribution >= 4 is 5.97 Å². The Morgan fingerprint density at radius 1 is 0.840 bits per heavy atom. The Labute approximate surface area is 150 Å². The zero-order valence-electron chi connectivity index (χ0n) is 15.2. The molecule has 0 saturated carbocycles. The summed E-state index contributed by atoms with van der Waals surface area (Å²) in [6.45, 7) is 2.53. The van der Waals surface area contributed by atoms with E-state index in [-0.39, 0.29) is 0 Å². The minimum Gasteiger partial charge on any atom is -0.479 e. The first-order valence-electron chi connectivity index (χ1n) is 9.53. The van der Waals surface area contributed by atoms with Gasteiger partial charge in [-0.2, -0.15) is 0 Å². The average molecular weight is 362 g/mol. The number of carbonyl (C=O) groups is 1. The molecule has 0 aromatic heterocycles. The third-order valence-electron chi connectivity index (χ3n) is 4.59. The first kappa shape index (κ1) is 22.3. The minimum absolute atomic E-state index is 0.313. The van der Waals surface area contributed by atoms with Gasteiger partial charge in [0.15, 0.2) is 12.4 Å². The van der Waals surface area contributed by atoms with Crippen LogP contribution in [0.5, 0.6) is 0 Å². The second-order valence-corrected chi connectivity index (χ2v) is 6.79. The molecule has 4 N–H and O–H groups in total. The van der Waals surface area contributed by atoms with E-state index in [0.717, 1.165) is 19.3 Å². The summed E-state index contributed by atoms with van der Waals surface area (Å²) in [7, 11) is 0. The van der Waals surface area contributed by atoms with Crippen LogP contribution in [0.3, 0.4) is 0 Å². The summed E-state index contributed by atoms with van der Waals surface area (Å²) in [5, 5.41) is 38.0. The van der Waals surface area contributed by atoms with Crippen LogP contribution in [0.15, 0.2) is 0 Å². The molecule has 1 fully saturated rings. The molecule has 0 aromatic rings. The maximum Gasteiger partial charge on any atom is 0.335 e. The van der Waals surface area contributed by atoms with E-state index in [1.54, 1.807) is 0 Å². The summed E-state index contributed by atoms with van der Waals surface area (Å²) < 4.78 is 10.4. The topological polar surface area (TPSA) is 116 Å². The first-order valence-corrected chi connectivity index (χ1v) is 9.53. The molecule has 0 radical (unpaired) electrons. The largest absolute Gasteiger partial charge is 0.479 e. The third-order valence-corrected chi connectivity index (χ3v) is 4.59. The number of aliphatic carboxylic acids is 1. The van der Waals surface area contributed by atoms with Gasteiger partial charge in [0.25, 0.3) is 0 Å². The lowest BCUT2D eigenvalue weighted by molar-refractivity contribution is -0.294. The van der Waals surface area contributed by atoms with Gasteiger partial charge in [0.2, 0.25) is 0 Å². The first-order chi connectivity index (χ1) is 12.0. The van der Waals surface area contributed by atoms with Crippen molar-refractivity contribution in [1.29, 1.82) is 0 Å². The van der Waals surface area contributed by atoms with Crippen molar-refractivity contribution in [3.63, 3.8) is 0 Å². The maximum absolute atomic E-state index is 11.0. The highest BCUT2D eigenvalue weighted by Gasteiger charge is 2.47. The van der Waals surface area contributed by atoms with E-state index < -0.39 is 36.7 Å². The molecular weight excluding hydrogens is 328 g/mol. The lowest BCUT2D eigenvalue weighted by Gasteiger charge is -2.38. The number of ether oxygens (including phenoxy) is 2. The summed E-state index contributed by atoms with van der Waals surface area (Å²) in [5.74, 6) is -1.40. The van der Waals surface area contributed by atoms with Gasteiger partial charge in [0, 0.05) is 6.61 Å². The number of carboxylic acids is 1. The van der Waals surface area contributed by atoms with Gasteiger partial charge in [0.1, 0.15) is 18.3 Å². The molecule has 1 aliphatic heterocycles. The number of carboxylic acid groups (broad SMARTS) is 1. The Balaban J connectivity index is 2.10. The predicted molar refractivity (Wildman–Crippen MR) is 92.1 cm³/mol. The van der Waals surface area contributed by atoms with Crippen molar-refractivity contribution in [2.45, 2.75) is 102 Å². The van der Waals surface area contributed by atoms with Crippen LogP contribution < -0.4 is 0 Å². The molecule has 7 heteroatoms. The lowest BCUT2D eigenvalue weighted by atomic mass is 9.99. The molecular formula is C18H34O7. The summed E-state index contributed by atoms with van der Waals surface area (Å²) in [5.41, 5.74) is 0. The molecule has 148 valence electrons. The number of aliphatic hydroxyl groups excluding tert-OH is 3. The van der Waals surface area contributed by atoms with Gasteiger partial charge in [-0.15, -0.1) is 0 Å². The van der Waals surface area contributed by atoms with E-state index in [1.807, 2.05) is 0 Å². The van der Waals surface area contributed by atoms with Gasteiger partial charge in [-0.1, -0.05) is 64.7 Å². The van der Waals surface area contributed by atoms with Gasteiger partial charge in [-0.25, -0.2) is 4.79 Å². The molecule has 0 amide bonds. The molecule has 1 saturated heterocycles. The van der Waals surface area contributed by atoms with Crippen LogP contribution >= 0.6 is 0 Å². The van der Waals surface area contributed by atoms with Gasteiger partial charge >= 0.3 is 5.97 Å². The van der Waals surface area contributed by atoms with Crippen LogP contribution in [-0.2, 0) is 14.3 Å². The molecule has 0 aliphatic carbocycles. The summed E-state index contributed by atoms with van der Waals surface area (Å²) in [6, 6.07) is 0. The number of hydrogen-bond acceptors (Lipinski definition) is 6. The molecule has 0 bridgehead atoms. The third kappa shape index (κ3) is 8.00. The van der Waals surface area contributed by atoms with Crippen molar-refractivity contribution in [3.05, 3.63) is 0 Å². The second-order valence-electron chi connectivity index (χ2n) is 6.79. The van der Waals surface area contributed by atoms with E-state index in [1.165, 1.54) is 44.9 Å². The number of aliphatic hydroxyl groups is 3. The van der Waals surface area contributed by atoms with Crippen LogP contribution in [0.25, 0.3) is 0 Å². The quantitative estimate of drug-likeness (QED) is 0.369. The van der Waals surface area contributed by atoms with E-state index >= 15 is 0 Å². The molecule has 7 nitrogen and oxygen atoms in total. The predicted octanol–water partition coefficient (Wildman–Crippen LogP) is 1.82. The summed E-state index contributed by atoms with van der Waals surface area (Å²) in [4.78, 5) is 11.0. The highest BCUT2D eigenvalue weighted by atomic mass is 16.7. The molecule has 0 spiro atoms. The van der Waals surface area contributed by atoms with Crippen LogP contribution in [0.1, 0.15) is 71.1 Å². The van der Waals surface area contributed by atoms with E-state index in [2.05, 4.69) is 6.92 Å². The SMILES string of the molecule is CCCCCCCCCCCCOC1O[C@H](C(=O)O)[C@@H](O)[C@H](O)[C@H]1O. The van der Waals surface area contributed by atoms with E-state index in [9.17, 15) is 20.1 Å². The van der Waals surface area contributed by atoms with E-state index in [0.29, 0.717) is 6.61 Å². The second kappa shape index (κ2) is 12.6. The zero-order chi connectivity index (χ0) is 18.7. The van der Waals surface area contributed by atoms with Crippen molar-refractivity contribution in [2.75, 3.05) is 6.61 Å². The molecule has 1 rings (SSSR count). The van der Waals surface area contributed by atoms with Gasteiger partial charge in [0.05, 0.1) is 0 Å². The number of unbranched alkanes of at least 4 members (excludes halogenated alkanes) is 9. The maximum atomic E-state index is 11.0. The van der Waals surface area contributed by atoms with Gasteiger partial charge < -0.3 is 29.9 Å². The molecule has 1 unspecified atom stereocenters. The Kier molecular flexibility index (Phi) is 11.2. The molecule has 1 aliphatic rings. The van der Waals surface area contributed by atoms with Crippen molar-refractivity contribution in [2.24, 2.45) is 0 Å². The number of hydrogen-bond donors (Lipinski definition) is 4. The van der Waals surface area contributed by atoms with Crippen molar-refractivity contribution in [1.82, 2.24) is 0 Å². The van der Waals surface area contributed by atoms with Crippen LogP contribution in [0.2, 0.25) is 0 Å². The Morgan fingerprint density at radius 2 is 1.36 bits per heavy atom. The molecule has 1 heterocycles. The molecule has 0 aromatic carbocycles. The van der Waals surface area contributed by atoms with Gasteiger partial charge in [-0.3, -0.25) is 0 Å². The van der Waals surface area contributed by atoms with Crippen LogP contribution in [-0.4, -0.2) is 63.7 Å². The highest BCUT2D eigenvalue weighted by molar-refractivity contribution is 5.73. The van der Waals surface area contributed by atoms with Crippen LogP contribution in [0, 0.1) is 0 Å². The van der Waals surface area contributed by atoms with Crippen molar-refractivity contribution in [3.8, 4) is 0 Å². The monoisotopic (exact) mass is 362 g/mol. The normalized spacial score (nSPS) is 29.7. The molecule has 5 atom stereocenters. The lowest BCUT2D eigenvalue weighted by Crippen LogP contribution is -2.60. The fourth-order valence-corrected chi connectivity index (χ4v) is 2.98. The van der Waals surface area contributed by atoms with Crippen molar-refractivity contribution < 1.29 is 34.7 Å². The smallest absolute Gasteiger partial charge is 0.335 e. The highest BCUT2D eigenvalue weighted by Crippen LogP contribution is 2.22. The average Bonchev–Trinajstić information content (AvgIpc) is 2.59. The van der Waals surface area contributed by atoms with Crippen LogP contribution in [0.4, 0.5) is 0 Å². The zero-order valence-corrected chi connectivity index (χ0v) is 15.2. The summed E-state index contributed by atoms with van der Waals surface area (Å²) >= 11 is 0. The Morgan fingerprint density at radius 3 is 1.88 bits per heavy atom. The Bertz CT molecular complexity index is 363. The fraction of sp³-hybridized carbons (Fsp3) is 0.944. The minimum atomic E-state index is -1.68.